The van der Waals surface area contributed by atoms with Crippen LogP contribution in [0.1, 0.15) is 52.0 Å². The predicted octanol–water partition coefficient (Wildman–Crippen LogP) is 6.60. The number of carbonyl (C=O) groups is 1. The molecule has 1 fully saturated rings. The normalized spacial score (nSPS) is 14.5. The quantitative estimate of drug-likeness (QED) is 0.370. The number of carbonyl (C=O) groups excluding carboxylic acids is 1. The van der Waals surface area contributed by atoms with Gasteiger partial charge in [0.2, 0.25) is 0 Å². The number of benzene rings is 2. The van der Waals surface area contributed by atoms with Crippen molar-refractivity contribution in [2.75, 3.05) is 0 Å². The van der Waals surface area contributed by atoms with Crippen LogP contribution in [-0.2, 0) is 6.54 Å². The van der Waals surface area contributed by atoms with Crippen LogP contribution < -0.4 is 5.56 Å². The lowest BCUT2D eigenvalue weighted by molar-refractivity contribution is 0.0669. The Morgan fingerprint density at radius 3 is 2.62 bits per heavy atom. The third kappa shape index (κ3) is 3.74. The van der Waals surface area contributed by atoms with Gasteiger partial charge in [-0.3, -0.25) is 9.59 Å². The third-order valence-electron chi connectivity index (χ3n) is 6.49. The van der Waals surface area contributed by atoms with E-state index in [1.807, 2.05) is 55.1 Å². The molecule has 0 unspecified atom stereocenters. The number of amides is 1. The Morgan fingerprint density at radius 2 is 1.88 bits per heavy atom. The van der Waals surface area contributed by atoms with Crippen LogP contribution in [0.15, 0.2) is 47.3 Å². The molecule has 1 saturated carbocycles. The van der Waals surface area contributed by atoms with Gasteiger partial charge in [-0.2, -0.15) is 0 Å². The fourth-order valence-electron chi connectivity index (χ4n) is 4.88. The molecule has 2 aromatic heterocycles. The number of thiophene rings is 1. The average Bonchev–Trinajstić information content (AvgIpc) is 3.41. The van der Waals surface area contributed by atoms with Crippen LogP contribution in [0.3, 0.4) is 0 Å². The van der Waals surface area contributed by atoms with Gasteiger partial charge >= 0.3 is 0 Å². The molecule has 1 aliphatic rings. The molecule has 2 heterocycles. The van der Waals surface area contributed by atoms with Gasteiger partial charge < -0.3 is 9.88 Å². The molecule has 32 heavy (non-hydrogen) atoms. The summed E-state index contributed by atoms with van der Waals surface area (Å²) in [6.45, 7) is 4.36. The summed E-state index contributed by atoms with van der Waals surface area (Å²) < 4.78 is 1.00. The van der Waals surface area contributed by atoms with E-state index in [1.54, 1.807) is 0 Å². The average molecular weight is 465 g/mol. The highest BCUT2D eigenvalue weighted by Gasteiger charge is 2.31. The van der Waals surface area contributed by atoms with Crippen LogP contribution in [0, 0.1) is 13.8 Å². The largest absolute Gasteiger partial charge is 0.330 e. The molecular formula is C26H25ClN2O2S. The second-order valence-corrected chi connectivity index (χ2v) is 10.2. The number of aromatic nitrogens is 1. The fourth-order valence-corrected chi connectivity index (χ4v) is 6.35. The number of nitrogens with one attached hydrogen (secondary N) is 1. The lowest BCUT2D eigenvalue weighted by Crippen LogP contribution is -2.39. The molecular weight excluding hydrogens is 440 g/mol. The minimum absolute atomic E-state index is 0.0803. The molecule has 6 heteroatoms. The van der Waals surface area contributed by atoms with Crippen molar-refractivity contribution >= 4 is 49.8 Å². The minimum atomic E-state index is -0.138. The first-order valence-corrected chi connectivity index (χ1v) is 12.2. The van der Waals surface area contributed by atoms with Gasteiger partial charge in [-0.05, 0) is 56.0 Å². The number of aryl methyl sites for hydroxylation is 2. The molecule has 2 aromatic carbocycles. The number of halogens is 1. The Labute approximate surface area is 195 Å². The van der Waals surface area contributed by atoms with Crippen LogP contribution in [0.25, 0.3) is 21.0 Å². The zero-order chi connectivity index (χ0) is 22.4. The van der Waals surface area contributed by atoms with E-state index >= 15 is 0 Å². The summed E-state index contributed by atoms with van der Waals surface area (Å²) in [5, 5.41) is 2.43. The highest BCUT2D eigenvalue weighted by atomic mass is 35.5. The minimum Gasteiger partial charge on any atom is -0.330 e. The van der Waals surface area contributed by atoms with Crippen LogP contribution >= 0.6 is 22.9 Å². The van der Waals surface area contributed by atoms with E-state index in [4.69, 9.17) is 11.6 Å². The summed E-state index contributed by atoms with van der Waals surface area (Å²) in [6, 6.07) is 14.0. The first kappa shape index (κ1) is 21.2. The molecule has 5 rings (SSSR count). The highest BCUT2D eigenvalue weighted by Crippen LogP contribution is 2.37. The van der Waals surface area contributed by atoms with E-state index in [0.717, 1.165) is 57.8 Å². The van der Waals surface area contributed by atoms with Gasteiger partial charge in [0, 0.05) is 32.6 Å². The van der Waals surface area contributed by atoms with Crippen molar-refractivity contribution in [2.24, 2.45) is 0 Å². The second kappa shape index (κ2) is 8.38. The molecule has 1 aliphatic carbocycles. The smallest absolute Gasteiger partial charge is 0.266 e. The molecule has 4 nitrogen and oxygen atoms in total. The molecule has 4 aromatic rings. The van der Waals surface area contributed by atoms with Crippen LogP contribution in [-0.4, -0.2) is 21.8 Å². The Hall–Kier alpha value is -2.63. The van der Waals surface area contributed by atoms with Crippen molar-refractivity contribution < 1.29 is 4.79 Å². The molecule has 0 spiro atoms. The van der Waals surface area contributed by atoms with E-state index in [1.165, 1.54) is 11.3 Å². The van der Waals surface area contributed by atoms with Crippen LogP contribution in [0.5, 0.6) is 0 Å². The summed E-state index contributed by atoms with van der Waals surface area (Å²) in [7, 11) is 0. The summed E-state index contributed by atoms with van der Waals surface area (Å²) >= 11 is 8.08. The zero-order valence-corrected chi connectivity index (χ0v) is 19.8. The van der Waals surface area contributed by atoms with Crippen molar-refractivity contribution in [3.05, 3.63) is 79.4 Å². The van der Waals surface area contributed by atoms with Crippen molar-refractivity contribution in [3.8, 4) is 0 Å². The maximum atomic E-state index is 13.8. The number of aromatic amines is 1. The SMILES string of the molecule is Cc1cc(C)c2cc(CN(C(=O)c3sc4ccccc4c3Cl)C3CCCC3)c(=O)[nH]c2c1. The number of fused-ring (bicyclic) bond motifs is 2. The second-order valence-electron chi connectivity index (χ2n) is 8.78. The number of nitrogens with zero attached hydrogens (tertiary/aromatic N) is 1. The third-order valence-corrected chi connectivity index (χ3v) is 8.15. The molecule has 0 atom stereocenters. The summed E-state index contributed by atoms with van der Waals surface area (Å²) in [6.07, 6.45) is 4.11. The number of hydrogen-bond donors (Lipinski definition) is 1. The van der Waals surface area contributed by atoms with Crippen LogP contribution in [0.4, 0.5) is 0 Å². The Balaban J connectivity index is 1.57. The Morgan fingerprint density at radius 1 is 1.12 bits per heavy atom. The maximum Gasteiger partial charge on any atom is 0.266 e. The van der Waals surface area contributed by atoms with Gasteiger partial charge in [0.05, 0.1) is 11.6 Å². The first-order chi connectivity index (χ1) is 15.4. The molecule has 0 radical (unpaired) electrons. The van der Waals surface area contributed by atoms with E-state index in [2.05, 4.69) is 11.1 Å². The predicted molar refractivity (Wildman–Crippen MR) is 133 cm³/mol. The van der Waals surface area contributed by atoms with Crippen molar-refractivity contribution in [3.63, 3.8) is 0 Å². The monoisotopic (exact) mass is 464 g/mol. The van der Waals surface area contributed by atoms with Gasteiger partial charge in [0.25, 0.3) is 11.5 Å². The topological polar surface area (TPSA) is 53.2 Å². The van der Waals surface area contributed by atoms with Crippen LogP contribution in [0.2, 0.25) is 5.02 Å². The Kier molecular flexibility index (Phi) is 5.56. The molecule has 0 saturated heterocycles. The number of H-pyrrole nitrogens is 1. The van der Waals surface area contributed by atoms with E-state index < -0.39 is 0 Å². The van der Waals surface area contributed by atoms with E-state index in [0.29, 0.717) is 15.5 Å². The van der Waals surface area contributed by atoms with Crippen molar-refractivity contribution in [1.82, 2.24) is 9.88 Å². The lowest BCUT2D eigenvalue weighted by Gasteiger charge is -2.29. The standard InChI is InChI=1S/C26H25ClN2O2S/c1-15-11-16(2)20-13-17(25(30)28-21(20)12-15)14-29(18-7-3-4-8-18)26(31)24-23(27)19-9-5-6-10-22(19)32-24/h5-6,9-13,18H,3-4,7-8,14H2,1-2H3,(H,28,30). The summed E-state index contributed by atoms with van der Waals surface area (Å²) in [5.74, 6) is -0.0803. The number of hydrogen-bond acceptors (Lipinski definition) is 3. The lowest BCUT2D eigenvalue weighted by atomic mass is 10.0. The fraction of sp³-hybridized carbons (Fsp3) is 0.308. The number of pyridine rings is 1. The van der Waals surface area contributed by atoms with Crippen molar-refractivity contribution in [1.29, 1.82) is 0 Å². The zero-order valence-electron chi connectivity index (χ0n) is 18.2. The van der Waals surface area contributed by atoms with Gasteiger partial charge in [0.1, 0.15) is 4.88 Å². The number of rotatable bonds is 4. The molecule has 1 amide bonds. The molecule has 164 valence electrons. The van der Waals surface area contributed by atoms with Crippen molar-refractivity contribution in [2.45, 2.75) is 52.1 Å². The first-order valence-electron chi connectivity index (χ1n) is 11.0. The molecule has 0 aliphatic heterocycles. The highest BCUT2D eigenvalue weighted by molar-refractivity contribution is 7.21. The van der Waals surface area contributed by atoms with Gasteiger partial charge in [-0.25, -0.2) is 0 Å². The van der Waals surface area contributed by atoms with Gasteiger partial charge in [-0.1, -0.05) is 48.7 Å². The Bertz CT molecular complexity index is 1400. The van der Waals surface area contributed by atoms with Gasteiger partial charge in [0.15, 0.2) is 0 Å². The maximum absolute atomic E-state index is 13.8. The molecule has 0 bridgehead atoms. The van der Waals surface area contributed by atoms with E-state index in [9.17, 15) is 9.59 Å². The van der Waals surface area contributed by atoms with E-state index in [-0.39, 0.29) is 24.1 Å². The van der Waals surface area contributed by atoms with Gasteiger partial charge in [-0.15, -0.1) is 11.3 Å². The summed E-state index contributed by atoms with van der Waals surface area (Å²) in [5.41, 5.74) is 3.54. The molecule has 1 N–H and O–H groups in total. The summed E-state index contributed by atoms with van der Waals surface area (Å²) in [4.78, 5) is 32.2.